The number of aliphatic imine (C=N–C) groups is 2. The molecule has 1 saturated heterocycles. The van der Waals surface area contributed by atoms with Crippen LogP contribution in [0.4, 0.5) is 22.0 Å². The molecule has 5 rings (SSSR count). The van der Waals surface area contributed by atoms with E-state index in [-0.39, 0.29) is 31.7 Å². The molecule has 0 radical (unpaired) electrons. The molecule has 1 unspecified atom stereocenters. The van der Waals surface area contributed by atoms with Crippen molar-refractivity contribution in [1.29, 1.82) is 0 Å². The fourth-order valence-corrected chi connectivity index (χ4v) is 4.65. The maximum Gasteiger partial charge on any atom is 0.386 e. The Bertz CT molecular complexity index is 1220. The van der Waals surface area contributed by atoms with Crippen LogP contribution in [0.5, 0.6) is 0 Å². The lowest BCUT2D eigenvalue weighted by Crippen LogP contribution is -2.36. The van der Waals surface area contributed by atoms with E-state index in [1.807, 2.05) is 20.0 Å². The third-order valence-electron chi connectivity index (χ3n) is 6.65. The summed E-state index contributed by atoms with van der Waals surface area (Å²) in [6.07, 6.45) is 3.87. The molecule has 13 heteroatoms. The fourth-order valence-electron chi connectivity index (χ4n) is 4.65. The zero-order valence-electron chi connectivity index (χ0n) is 23.2. The first-order valence-electron chi connectivity index (χ1n) is 13.3. The summed E-state index contributed by atoms with van der Waals surface area (Å²) in [4.78, 5) is 17.5. The molecule has 2 aliphatic heterocycles. The van der Waals surface area contributed by atoms with Crippen LogP contribution in [-0.4, -0.2) is 56.3 Å². The Hall–Kier alpha value is -3.38. The van der Waals surface area contributed by atoms with Crippen LogP contribution in [0.3, 0.4) is 0 Å². The van der Waals surface area contributed by atoms with E-state index in [0.717, 1.165) is 29.4 Å². The molecule has 1 aliphatic carbocycles. The van der Waals surface area contributed by atoms with Gasteiger partial charge in [0.25, 0.3) is 5.78 Å². The molecule has 3 aliphatic rings. The third kappa shape index (κ3) is 9.67. The molecule has 0 amide bonds. The molecule has 0 aromatic carbocycles. The molecule has 0 spiro atoms. The number of imidazole rings is 1. The zero-order chi connectivity index (χ0) is 29.5. The number of nitrogens with one attached hydrogen (secondary N) is 2. The van der Waals surface area contributed by atoms with Crippen molar-refractivity contribution in [1.82, 2.24) is 30.2 Å². The van der Waals surface area contributed by atoms with Crippen LogP contribution >= 0.6 is 0 Å². The number of aryl methyl sites for hydroxylation is 1. The first-order valence-corrected chi connectivity index (χ1v) is 13.3. The molecule has 1 atom stereocenters. The maximum absolute atomic E-state index is 13.7. The predicted octanol–water partition coefficient (Wildman–Crippen LogP) is 6.12. The van der Waals surface area contributed by atoms with E-state index in [2.05, 4.69) is 48.8 Å². The lowest BCUT2D eigenvalue weighted by molar-refractivity contribution is -0.110. The molecule has 220 valence electrons. The van der Waals surface area contributed by atoms with Gasteiger partial charge in [-0.2, -0.15) is 18.3 Å². The van der Waals surface area contributed by atoms with E-state index in [1.165, 1.54) is 25.0 Å². The van der Waals surface area contributed by atoms with Gasteiger partial charge in [-0.15, -0.1) is 0 Å². The van der Waals surface area contributed by atoms with Crippen LogP contribution in [0.2, 0.25) is 0 Å². The summed E-state index contributed by atoms with van der Waals surface area (Å²) in [5.74, 6) is -2.10. The third-order valence-corrected chi connectivity index (χ3v) is 6.65. The van der Waals surface area contributed by atoms with E-state index in [0.29, 0.717) is 31.0 Å². The van der Waals surface area contributed by atoms with Gasteiger partial charge >= 0.3 is 6.18 Å². The summed E-state index contributed by atoms with van der Waals surface area (Å²) in [5.41, 5.74) is 4.88. The highest BCUT2D eigenvalue weighted by Crippen LogP contribution is 2.41. The van der Waals surface area contributed by atoms with Gasteiger partial charge < -0.3 is 10.6 Å². The van der Waals surface area contributed by atoms with Gasteiger partial charge in [0, 0.05) is 32.0 Å². The van der Waals surface area contributed by atoms with E-state index < -0.39 is 12.1 Å². The number of fused-ring (bicyclic) bond motifs is 1. The average Bonchev–Trinajstić information content (AvgIpc) is 3.48. The van der Waals surface area contributed by atoms with E-state index in [1.54, 1.807) is 10.7 Å². The highest BCUT2D eigenvalue weighted by atomic mass is 19.4. The van der Waals surface area contributed by atoms with Crippen LogP contribution in [0.1, 0.15) is 76.2 Å². The number of hydrogen-bond donors (Lipinski definition) is 2. The van der Waals surface area contributed by atoms with Gasteiger partial charge in [-0.25, -0.2) is 23.3 Å². The van der Waals surface area contributed by atoms with Crippen LogP contribution in [0.25, 0.3) is 5.78 Å². The fraction of sp³-hybridized carbons (Fsp3) is 0.593. The molecule has 2 N–H and O–H groups in total. The van der Waals surface area contributed by atoms with Gasteiger partial charge in [-0.05, 0) is 51.9 Å². The Morgan fingerprint density at radius 2 is 1.85 bits per heavy atom. The van der Waals surface area contributed by atoms with Crippen molar-refractivity contribution in [2.45, 2.75) is 83.9 Å². The SMILES string of the molecule is C=C(NC(c1cn2nc(C)cnc2n1)C1CCC(F)(F)CC1)C1=NCN=C1C.C=C1CCCCN1.CC(F)(F)F. The van der Waals surface area contributed by atoms with Crippen LogP contribution in [-0.2, 0) is 0 Å². The molecule has 2 aromatic rings. The average molecular weight is 569 g/mol. The van der Waals surface area contributed by atoms with Crippen molar-refractivity contribution in [3.8, 4) is 0 Å². The van der Waals surface area contributed by atoms with Gasteiger partial charge in [0.1, 0.15) is 12.4 Å². The minimum atomic E-state index is -4.00. The highest BCUT2D eigenvalue weighted by Gasteiger charge is 2.39. The Labute approximate surface area is 231 Å². The second-order valence-electron chi connectivity index (χ2n) is 10.3. The molecular formula is C27H37F5N8. The molecule has 0 bridgehead atoms. The summed E-state index contributed by atoms with van der Waals surface area (Å²) in [6, 6.07) is -0.275. The van der Waals surface area contributed by atoms with Gasteiger partial charge in [0.15, 0.2) is 0 Å². The first kappa shape index (κ1) is 31.2. The van der Waals surface area contributed by atoms with Crippen molar-refractivity contribution < 1.29 is 22.0 Å². The van der Waals surface area contributed by atoms with Gasteiger partial charge in [0.2, 0.25) is 5.92 Å². The van der Waals surface area contributed by atoms with Gasteiger partial charge in [-0.1, -0.05) is 13.2 Å². The van der Waals surface area contributed by atoms with Crippen molar-refractivity contribution >= 4 is 17.2 Å². The van der Waals surface area contributed by atoms with Crippen LogP contribution in [0, 0.1) is 12.8 Å². The monoisotopic (exact) mass is 568 g/mol. The summed E-state index contributed by atoms with van der Waals surface area (Å²) in [6.45, 7) is 13.4. The number of nitrogens with zero attached hydrogens (tertiary/aromatic N) is 6. The lowest BCUT2D eigenvalue weighted by atomic mass is 9.81. The summed E-state index contributed by atoms with van der Waals surface area (Å²) < 4.78 is 60.1. The second-order valence-corrected chi connectivity index (χ2v) is 10.3. The number of allylic oxidation sites excluding steroid dienone is 2. The molecule has 1 saturated carbocycles. The Balaban J connectivity index is 0.000000306. The number of rotatable bonds is 5. The normalized spacial score (nSPS) is 19.8. The second kappa shape index (κ2) is 13.3. The molecule has 8 nitrogen and oxygen atoms in total. The zero-order valence-corrected chi connectivity index (χ0v) is 23.2. The van der Waals surface area contributed by atoms with E-state index in [4.69, 9.17) is 0 Å². The van der Waals surface area contributed by atoms with Gasteiger partial charge in [0.05, 0.1) is 41.2 Å². The van der Waals surface area contributed by atoms with Crippen molar-refractivity contribution in [3.63, 3.8) is 0 Å². The topological polar surface area (TPSA) is 91.9 Å². The van der Waals surface area contributed by atoms with E-state index in [9.17, 15) is 22.0 Å². The summed E-state index contributed by atoms with van der Waals surface area (Å²) in [5, 5.41) is 11.0. The number of hydrogen-bond acceptors (Lipinski definition) is 7. The number of alkyl halides is 5. The standard InChI is InChI=1S/C19H23F2N7.C6H11N.C2H3F3/c1-11-8-22-18-26-15(9-28(18)27-11)17(14-4-6-19(20,21)7-5-14)25-13(3)16-12(2)23-10-24-16;1-6-4-2-3-5-7-6;1-2(3,4)5/h8-9,14,17,25H,3-7,10H2,1-2H3;7H,1-5H2;1H3. The largest absolute Gasteiger partial charge is 0.389 e. The number of aromatic nitrogens is 4. The minimum Gasteiger partial charge on any atom is -0.389 e. The molecule has 4 heterocycles. The minimum absolute atomic E-state index is 0.00151. The molecular weight excluding hydrogens is 531 g/mol. The van der Waals surface area contributed by atoms with Crippen LogP contribution in [0.15, 0.2) is 46.9 Å². The smallest absolute Gasteiger partial charge is 0.386 e. The Morgan fingerprint density at radius 3 is 2.38 bits per heavy atom. The summed E-state index contributed by atoms with van der Waals surface area (Å²) in [7, 11) is 0. The van der Waals surface area contributed by atoms with Crippen molar-refractivity contribution in [2.24, 2.45) is 15.9 Å². The first-order chi connectivity index (χ1) is 18.7. The lowest BCUT2D eigenvalue weighted by Gasteiger charge is -2.34. The molecule has 2 aromatic heterocycles. The van der Waals surface area contributed by atoms with Crippen LogP contribution < -0.4 is 10.6 Å². The highest BCUT2D eigenvalue weighted by molar-refractivity contribution is 6.48. The molecule has 2 fully saturated rings. The van der Waals surface area contributed by atoms with Crippen molar-refractivity contribution in [2.75, 3.05) is 13.2 Å². The number of piperidine rings is 1. The molecule has 40 heavy (non-hydrogen) atoms. The van der Waals surface area contributed by atoms with Crippen molar-refractivity contribution in [3.05, 3.63) is 48.3 Å². The van der Waals surface area contributed by atoms with E-state index >= 15 is 0 Å². The van der Waals surface area contributed by atoms with Gasteiger partial charge in [-0.3, -0.25) is 9.98 Å². The Kier molecular flexibility index (Phi) is 10.4. The summed E-state index contributed by atoms with van der Waals surface area (Å²) >= 11 is 0. The predicted molar refractivity (Wildman–Crippen MR) is 146 cm³/mol. The quantitative estimate of drug-likeness (QED) is 0.424. The maximum atomic E-state index is 13.7. The number of halogens is 5. The Morgan fingerprint density at radius 1 is 1.18 bits per heavy atom.